The summed E-state index contributed by atoms with van der Waals surface area (Å²) in [6, 6.07) is 10.2. The minimum Gasteiger partial charge on any atom is -0.503 e. The summed E-state index contributed by atoms with van der Waals surface area (Å²) in [6.45, 7) is 0.470. The summed E-state index contributed by atoms with van der Waals surface area (Å²) in [5, 5.41) is 23.7. The van der Waals surface area contributed by atoms with Gasteiger partial charge in [-0.15, -0.1) is 0 Å². The number of amides is 1. The van der Waals surface area contributed by atoms with Gasteiger partial charge in [-0.05, 0) is 36.1 Å². The lowest BCUT2D eigenvalue weighted by molar-refractivity contribution is 0.0953. The molecule has 29 heavy (non-hydrogen) atoms. The minimum atomic E-state index is -0.762. The molecule has 1 aliphatic rings. The maximum atomic E-state index is 12.1. The standard InChI is InChI=1S/C21H23N5O3/c1-22-20(29)18-19(28)17(27)12-26(25-18)13-21(8-2-3-9-21)15-6-4-5-14(11-15)16-7-10-23-24-16/h4-7,10-12,27H,2-3,8-9,13H2,1H3,(H,22,29)(H,23,24). The van der Waals surface area contributed by atoms with Crippen molar-refractivity contribution in [1.82, 2.24) is 25.3 Å². The van der Waals surface area contributed by atoms with E-state index in [1.54, 1.807) is 6.20 Å². The molecule has 8 heteroatoms. The molecule has 3 N–H and O–H groups in total. The van der Waals surface area contributed by atoms with Crippen molar-refractivity contribution in [3.05, 3.63) is 64.2 Å². The highest BCUT2D eigenvalue weighted by molar-refractivity contribution is 5.92. The summed E-state index contributed by atoms with van der Waals surface area (Å²) in [4.78, 5) is 24.1. The van der Waals surface area contributed by atoms with Crippen molar-refractivity contribution in [1.29, 1.82) is 0 Å². The lowest BCUT2D eigenvalue weighted by atomic mass is 9.78. The Hall–Kier alpha value is -3.42. The van der Waals surface area contributed by atoms with E-state index in [1.807, 2.05) is 18.2 Å². The predicted octanol–water partition coefficient (Wildman–Crippen LogP) is 2.21. The molecule has 0 spiro atoms. The summed E-state index contributed by atoms with van der Waals surface area (Å²) in [5.74, 6) is -1.08. The molecule has 8 nitrogen and oxygen atoms in total. The molecular formula is C21H23N5O3. The monoisotopic (exact) mass is 393 g/mol. The maximum Gasteiger partial charge on any atom is 0.275 e. The Kier molecular flexibility index (Phi) is 4.92. The third-order valence-electron chi connectivity index (χ3n) is 5.70. The van der Waals surface area contributed by atoms with Crippen molar-refractivity contribution >= 4 is 5.91 Å². The van der Waals surface area contributed by atoms with Crippen LogP contribution < -0.4 is 10.7 Å². The van der Waals surface area contributed by atoms with Gasteiger partial charge in [0.25, 0.3) is 11.3 Å². The summed E-state index contributed by atoms with van der Waals surface area (Å²) in [6.07, 6.45) is 7.13. The van der Waals surface area contributed by atoms with Crippen LogP contribution >= 0.6 is 0 Å². The molecule has 1 saturated carbocycles. The molecule has 1 fully saturated rings. The molecule has 0 saturated heterocycles. The van der Waals surface area contributed by atoms with E-state index in [2.05, 4.69) is 32.7 Å². The number of aromatic amines is 1. The smallest absolute Gasteiger partial charge is 0.275 e. The number of nitrogens with zero attached hydrogens (tertiary/aromatic N) is 3. The molecule has 0 unspecified atom stereocenters. The Bertz CT molecular complexity index is 1080. The molecule has 2 heterocycles. The summed E-state index contributed by atoms with van der Waals surface area (Å²) in [5.41, 5.74) is 1.91. The highest BCUT2D eigenvalue weighted by Crippen LogP contribution is 2.43. The molecule has 4 rings (SSSR count). The van der Waals surface area contributed by atoms with Gasteiger partial charge in [0, 0.05) is 18.7 Å². The number of benzene rings is 1. The van der Waals surface area contributed by atoms with Crippen LogP contribution in [0.15, 0.2) is 47.5 Å². The second-order valence-corrected chi connectivity index (χ2v) is 7.51. The second-order valence-electron chi connectivity index (χ2n) is 7.51. The van der Waals surface area contributed by atoms with Gasteiger partial charge in [-0.3, -0.25) is 19.4 Å². The van der Waals surface area contributed by atoms with E-state index in [-0.39, 0.29) is 11.1 Å². The van der Waals surface area contributed by atoms with Crippen LogP contribution in [0.3, 0.4) is 0 Å². The predicted molar refractivity (Wildman–Crippen MR) is 108 cm³/mol. The van der Waals surface area contributed by atoms with E-state index in [1.165, 1.54) is 23.5 Å². The van der Waals surface area contributed by atoms with Crippen molar-refractivity contribution in [3.8, 4) is 17.0 Å². The minimum absolute atomic E-state index is 0.190. The van der Waals surface area contributed by atoms with Crippen LogP contribution in [0.5, 0.6) is 5.75 Å². The number of hydrogen-bond donors (Lipinski definition) is 3. The van der Waals surface area contributed by atoms with E-state index in [0.29, 0.717) is 6.54 Å². The Morgan fingerprint density at radius 2 is 2.10 bits per heavy atom. The van der Waals surface area contributed by atoms with Crippen LogP contribution in [-0.4, -0.2) is 38.0 Å². The first-order chi connectivity index (χ1) is 14.0. The van der Waals surface area contributed by atoms with E-state index in [4.69, 9.17) is 0 Å². The van der Waals surface area contributed by atoms with E-state index in [9.17, 15) is 14.7 Å². The van der Waals surface area contributed by atoms with Gasteiger partial charge in [-0.2, -0.15) is 10.2 Å². The maximum absolute atomic E-state index is 12.1. The average molecular weight is 393 g/mol. The molecule has 150 valence electrons. The third-order valence-corrected chi connectivity index (χ3v) is 5.70. The van der Waals surface area contributed by atoms with Crippen LogP contribution in [0.1, 0.15) is 41.7 Å². The molecule has 0 radical (unpaired) electrons. The van der Waals surface area contributed by atoms with Crippen molar-refractivity contribution < 1.29 is 9.90 Å². The normalized spacial score (nSPS) is 15.3. The fourth-order valence-electron chi connectivity index (χ4n) is 4.20. The summed E-state index contributed by atoms with van der Waals surface area (Å²) in [7, 11) is 1.43. The number of aromatic nitrogens is 4. The lowest BCUT2D eigenvalue weighted by Crippen LogP contribution is -2.33. The first-order valence-electron chi connectivity index (χ1n) is 9.65. The number of aromatic hydroxyl groups is 1. The fourth-order valence-corrected chi connectivity index (χ4v) is 4.20. The van der Waals surface area contributed by atoms with E-state index in [0.717, 1.165) is 36.9 Å². The number of H-pyrrole nitrogens is 1. The van der Waals surface area contributed by atoms with E-state index < -0.39 is 17.1 Å². The number of carbonyl (C=O) groups excluding carboxylic acids is 1. The van der Waals surface area contributed by atoms with Gasteiger partial charge < -0.3 is 10.4 Å². The van der Waals surface area contributed by atoms with Crippen LogP contribution in [-0.2, 0) is 12.0 Å². The Labute approximate surface area is 167 Å². The zero-order valence-corrected chi connectivity index (χ0v) is 16.2. The highest BCUT2D eigenvalue weighted by atomic mass is 16.3. The first-order valence-corrected chi connectivity index (χ1v) is 9.65. The molecule has 0 aliphatic heterocycles. The largest absolute Gasteiger partial charge is 0.503 e. The third kappa shape index (κ3) is 3.53. The molecule has 1 aromatic carbocycles. The Morgan fingerprint density at radius 3 is 2.79 bits per heavy atom. The van der Waals surface area contributed by atoms with Gasteiger partial charge in [-0.1, -0.05) is 31.0 Å². The van der Waals surface area contributed by atoms with Crippen molar-refractivity contribution in [2.24, 2.45) is 0 Å². The molecule has 0 atom stereocenters. The van der Waals surface area contributed by atoms with Crippen LogP contribution in [0.2, 0.25) is 0 Å². The van der Waals surface area contributed by atoms with Gasteiger partial charge >= 0.3 is 0 Å². The van der Waals surface area contributed by atoms with Gasteiger partial charge in [0.2, 0.25) is 0 Å². The van der Waals surface area contributed by atoms with Gasteiger partial charge in [0.1, 0.15) is 0 Å². The average Bonchev–Trinajstić information content (AvgIpc) is 3.43. The molecule has 2 aromatic heterocycles. The second kappa shape index (κ2) is 7.54. The molecule has 1 aliphatic carbocycles. The number of hydrogen-bond acceptors (Lipinski definition) is 5. The number of nitrogens with one attached hydrogen (secondary N) is 2. The molecule has 3 aromatic rings. The SMILES string of the molecule is CNC(=O)c1nn(CC2(c3cccc(-c4ccn[nH]4)c3)CCCC2)cc(O)c1=O. The summed E-state index contributed by atoms with van der Waals surface area (Å²) < 4.78 is 1.52. The van der Waals surface area contributed by atoms with Gasteiger partial charge in [0.05, 0.1) is 18.4 Å². The fraction of sp³-hybridized carbons (Fsp3) is 0.333. The summed E-state index contributed by atoms with van der Waals surface area (Å²) >= 11 is 0. The lowest BCUT2D eigenvalue weighted by Gasteiger charge is -2.30. The molecule has 0 bridgehead atoms. The Balaban J connectivity index is 1.74. The van der Waals surface area contributed by atoms with Crippen molar-refractivity contribution in [2.75, 3.05) is 7.05 Å². The topological polar surface area (TPSA) is 113 Å². The van der Waals surface area contributed by atoms with Crippen molar-refractivity contribution in [3.63, 3.8) is 0 Å². The highest BCUT2D eigenvalue weighted by Gasteiger charge is 2.37. The first kappa shape index (κ1) is 18.9. The number of rotatable bonds is 5. The molecule has 1 amide bonds. The van der Waals surface area contributed by atoms with Crippen LogP contribution in [0.4, 0.5) is 0 Å². The quantitative estimate of drug-likeness (QED) is 0.615. The van der Waals surface area contributed by atoms with Gasteiger partial charge in [0.15, 0.2) is 11.4 Å². The van der Waals surface area contributed by atoms with Crippen LogP contribution in [0, 0.1) is 0 Å². The van der Waals surface area contributed by atoms with Gasteiger partial charge in [-0.25, -0.2) is 0 Å². The zero-order valence-electron chi connectivity index (χ0n) is 16.2. The number of carbonyl (C=O) groups is 1. The van der Waals surface area contributed by atoms with Crippen LogP contribution in [0.25, 0.3) is 11.3 Å². The zero-order chi connectivity index (χ0) is 20.4. The van der Waals surface area contributed by atoms with E-state index >= 15 is 0 Å². The van der Waals surface area contributed by atoms with Crippen molar-refractivity contribution in [2.45, 2.75) is 37.6 Å². The Morgan fingerprint density at radius 1 is 1.31 bits per heavy atom. The molecular weight excluding hydrogens is 370 g/mol.